The fourth-order valence-electron chi connectivity index (χ4n) is 2.35. The Kier molecular flexibility index (Phi) is 6.52. The zero-order valence-corrected chi connectivity index (χ0v) is 15.8. The van der Waals surface area contributed by atoms with Gasteiger partial charge >= 0.3 is 11.9 Å². The van der Waals surface area contributed by atoms with E-state index in [0.29, 0.717) is 22.3 Å². The molecule has 8 heteroatoms. The molecule has 0 bridgehead atoms. The normalized spacial score (nSPS) is 11.6. The summed E-state index contributed by atoms with van der Waals surface area (Å²) in [5.74, 6) is -1.22. The molecule has 0 aliphatic heterocycles. The number of hydrogen-bond donors (Lipinski definition) is 2. The highest BCUT2D eigenvalue weighted by Gasteiger charge is 2.09. The number of hydrogen-bond acceptors (Lipinski definition) is 6. The molecule has 0 aromatic heterocycles. The van der Waals surface area contributed by atoms with Gasteiger partial charge in [0, 0.05) is 11.1 Å². The van der Waals surface area contributed by atoms with E-state index in [1.165, 1.54) is 0 Å². The third-order valence-electron chi connectivity index (χ3n) is 3.95. The van der Waals surface area contributed by atoms with E-state index in [2.05, 4.69) is 10.3 Å². The Labute approximate surface area is 172 Å². The second-order valence-electron chi connectivity index (χ2n) is 6.02. The largest absolute Gasteiger partial charge is 0.380 e. The molecule has 0 saturated carbocycles. The van der Waals surface area contributed by atoms with Crippen molar-refractivity contribution in [2.24, 2.45) is 21.8 Å². The first-order valence-corrected chi connectivity index (χ1v) is 8.85. The van der Waals surface area contributed by atoms with Crippen molar-refractivity contribution in [1.29, 1.82) is 0 Å². The molecule has 0 amide bonds. The molecule has 3 rings (SSSR count). The molecule has 0 radical (unpaired) electrons. The summed E-state index contributed by atoms with van der Waals surface area (Å²) < 4.78 is 0. The molecular formula is C22H18N4O4. The van der Waals surface area contributed by atoms with Crippen LogP contribution in [0.4, 0.5) is 0 Å². The first kappa shape index (κ1) is 20.3. The maximum absolute atomic E-state index is 11.9. The molecule has 3 aromatic rings. The maximum atomic E-state index is 11.9. The minimum Gasteiger partial charge on any atom is -0.380 e. The van der Waals surface area contributed by atoms with Crippen LogP contribution in [-0.2, 0) is 9.68 Å². The Morgan fingerprint density at radius 1 is 0.533 bits per heavy atom. The molecule has 0 saturated heterocycles. The topological polar surface area (TPSA) is 129 Å². The van der Waals surface area contributed by atoms with Crippen LogP contribution in [-0.4, -0.2) is 23.6 Å². The average molecular weight is 402 g/mol. The van der Waals surface area contributed by atoms with Crippen molar-refractivity contribution in [1.82, 2.24) is 0 Å². The van der Waals surface area contributed by atoms with Gasteiger partial charge in [-0.3, -0.25) is 0 Å². The smallest absolute Gasteiger partial charge is 0.365 e. The lowest BCUT2D eigenvalue weighted by atomic mass is 10.1. The first-order chi connectivity index (χ1) is 14.5. The molecular weight excluding hydrogens is 384 g/mol. The molecule has 4 N–H and O–H groups in total. The van der Waals surface area contributed by atoms with Crippen LogP contribution in [0.3, 0.4) is 0 Å². The second-order valence-corrected chi connectivity index (χ2v) is 6.02. The third-order valence-corrected chi connectivity index (χ3v) is 3.95. The van der Waals surface area contributed by atoms with Crippen molar-refractivity contribution >= 4 is 23.6 Å². The van der Waals surface area contributed by atoms with Crippen LogP contribution in [0.2, 0.25) is 0 Å². The highest BCUT2D eigenvalue weighted by Crippen LogP contribution is 2.07. The van der Waals surface area contributed by atoms with Crippen molar-refractivity contribution in [2.75, 3.05) is 0 Å². The van der Waals surface area contributed by atoms with Crippen molar-refractivity contribution < 1.29 is 19.3 Å². The lowest BCUT2D eigenvalue weighted by Crippen LogP contribution is -2.17. The number of carbonyl (C=O) groups excluding carboxylic acids is 2. The lowest BCUT2D eigenvalue weighted by molar-refractivity contribution is 0.0507. The van der Waals surface area contributed by atoms with Crippen molar-refractivity contribution in [3.05, 3.63) is 107 Å². The molecule has 30 heavy (non-hydrogen) atoms. The Bertz CT molecular complexity index is 991. The predicted molar refractivity (Wildman–Crippen MR) is 112 cm³/mol. The van der Waals surface area contributed by atoms with Crippen molar-refractivity contribution in [3.63, 3.8) is 0 Å². The molecule has 8 nitrogen and oxygen atoms in total. The molecule has 3 aromatic carbocycles. The van der Waals surface area contributed by atoms with Crippen molar-refractivity contribution in [2.45, 2.75) is 0 Å². The van der Waals surface area contributed by atoms with Crippen LogP contribution >= 0.6 is 0 Å². The summed E-state index contributed by atoms with van der Waals surface area (Å²) >= 11 is 0. The van der Waals surface area contributed by atoms with E-state index in [1.807, 2.05) is 0 Å². The quantitative estimate of drug-likeness (QED) is 0.282. The van der Waals surface area contributed by atoms with E-state index < -0.39 is 11.9 Å². The number of rotatable bonds is 6. The van der Waals surface area contributed by atoms with Gasteiger partial charge < -0.3 is 21.1 Å². The Hall–Kier alpha value is -4.46. The van der Waals surface area contributed by atoms with Gasteiger partial charge in [0.25, 0.3) is 0 Å². The lowest BCUT2D eigenvalue weighted by Gasteiger charge is -2.04. The van der Waals surface area contributed by atoms with E-state index in [4.69, 9.17) is 21.1 Å². The first-order valence-electron chi connectivity index (χ1n) is 8.85. The SMILES string of the molecule is NC(=NOC(=O)c1ccccc1)c1ccc(C(N)=NOC(=O)c2ccccc2)cc1. The van der Waals surface area contributed by atoms with Gasteiger partial charge in [-0.1, -0.05) is 71.0 Å². The van der Waals surface area contributed by atoms with Gasteiger partial charge in [-0.2, -0.15) is 0 Å². The number of nitrogens with two attached hydrogens (primary N) is 2. The molecule has 0 aliphatic carbocycles. The Morgan fingerprint density at radius 2 is 0.867 bits per heavy atom. The van der Waals surface area contributed by atoms with Crippen molar-refractivity contribution in [3.8, 4) is 0 Å². The third kappa shape index (κ3) is 5.29. The fraction of sp³-hybridized carbons (Fsp3) is 0. The maximum Gasteiger partial charge on any atom is 0.365 e. The van der Waals surface area contributed by atoms with Gasteiger partial charge in [0.1, 0.15) is 0 Å². The highest BCUT2D eigenvalue weighted by atomic mass is 16.7. The molecule has 0 unspecified atom stereocenters. The molecule has 0 heterocycles. The fourth-order valence-corrected chi connectivity index (χ4v) is 2.35. The number of benzene rings is 3. The van der Waals surface area contributed by atoms with E-state index >= 15 is 0 Å². The van der Waals surface area contributed by atoms with E-state index in [1.54, 1.807) is 84.9 Å². The summed E-state index contributed by atoms with van der Waals surface area (Å²) in [6.45, 7) is 0. The molecule has 0 atom stereocenters. The number of nitrogens with zero attached hydrogens (tertiary/aromatic N) is 2. The van der Waals surface area contributed by atoms with Gasteiger partial charge in [-0.05, 0) is 24.3 Å². The standard InChI is InChI=1S/C22H18N4O4/c23-19(25-29-21(27)17-7-3-1-4-8-17)15-11-13-16(14-12-15)20(24)26-30-22(28)18-9-5-2-6-10-18/h1-14H,(H2,23,25)(H2,24,26). The summed E-state index contributed by atoms with van der Waals surface area (Å²) in [5, 5.41) is 7.30. The average Bonchev–Trinajstić information content (AvgIpc) is 2.81. The molecule has 0 aliphatic rings. The Balaban J connectivity index is 1.62. The van der Waals surface area contributed by atoms with E-state index in [9.17, 15) is 9.59 Å². The zero-order chi connectivity index (χ0) is 21.3. The molecule has 0 fully saturated rings. The van der Waals surface area contributed by atoms with Crippen LogP contribution in [0.5, 0.6) is 0 Å². The second kappa shape index (κ2) is 9.65. The van der Waals surface area contributed by atoms with Crippen LogP contribution < -0.4 is 11.5 Å². The summed E-state index contributed by atoms with van der Waals surface area (Å²) in [7, 11) is 0. The predicted octanol–water partition coefficient (Wildman–Crippen LogP) is 2.64. The highest BCUT2D eigenvalue weighted by molar-refractivity contribution is 6.01. The van der Waals surface area contributed by atoms with Crippen LogP contribution in [0.1, 0.15) is 31.8 Å². The zero-order valence-electron chi connectivity index (χ0n) is 15.8. The van der Waals surface area contributed by atoms with Crippen LogP contribution in [0.25, 0.3) is 0 Å². The number of amidine groups is 2. The number of carbonyl (C=O) groups is 2. The summed E-state index contributed by atoms with van der Waals surface area (Å²) in [6.07, 6.45) is 0. The summed E-state index contributed by atoms with van der Waals surface area (Å²) in [5.41, 5.74) is 13.4. The number of oxime groups is 2. The monoisotopic (exact) mass is 402 g/mol. The van der Waals surface area contributed by atoms with E-state index in [-0.39, 0.29) is 11.7 Å². The Morgan fingerprint density at radius 3 is 1.20 bits per heavy atom. The van der Waals surface area contributed by atoms with Gasteiger partial charge in [0.05, 0.1) is 11.1 Å². The summed E-state index contributed by atoms with van der Waals surface area (Å²) in [6, 6.07) is 23.3. The molecule has 0 spiro atoms. The van der Waals surface area contributed by atoms with Gasteiger partial charge in [-0.15, -0.1) is 0 Å². The minimum absolute atomic E-state index is 0.0110. The summed E-state index contributed by atoms with van der Waals surface area (Å²) in [4.78, 5) is 33.5. The van der Waals surface area contributed by atoms with Gasteiger partial charge in [0.2, 0.25) is 0 Å². The van der Waals surface area contributed by atoms with E-state index in [0.717, 1.165) is 0 Å². The van der Waals surface area contributed by atoms with Crippen LogP contribution in [0.15, 0.2) is 95.2 Å². The van der Waals surface area contributed by atoms with Crippen LogP contribution in [0, 0.1) is 0 Å². The van der Waals surface area contributed by atoms with Gasteiger partial charge in [-0.25, -0.2) is 9.59 Å². The van der Waals surface area contributed by atoms with Gasteiger partial charge in [0.15, 0.2) is 11.7 Å². The molecule has 150 valence electrons. The minimum atomic E-state index is -0.619.